The molecule has 4 heteroatoms. The lowest BCUT2D eigenvalue weighted by molar-refractivity contribution is -0.124. The third-order valence-corrected chi connectivity index (χ3v) is 4.48. The Morgan fingerprint density at radius 2 is 1.84 bits per heavy atom. The van der Waals surface area contributed by atoms with Crippen molar-refractivity contribution in [3.05, 3.63) is 0 Å². The summed E-state index contributed by atoms with van der Waals surface area (Å²) in [5.41, 5.74) is 4.88. The smallest absolute Gasteiger partial charge is 0.237 e. The fourth-order valence-corrected chi connectivity index (χ4v) is 2.55. The van der Waals surface area contributed by atoms with Gasteiger partial charge in [0.2, 0.25) is 5.91 Å². The van der Waals surface area contributed by atoms with E-state index in [4.69, 9.17) is 5.73 Å². The minimum Gasteiger partial charge on any atom is -0.368 e. The molecule has 2 atom stereocenters. The Kier molecular flexibility index (Phi) is 8.26. The summed E-state index contributed by atoms with van der Waals surface area (Å²) in [6.07, 6.45) is 3.16. The molecule has 0 aromatic rings. The van der Waals surface area contributed by atoms with Crippen molar-refractivity contribution in [2.75, 3.05) is 20.1 Å². The average molecular weight is 271 g/mol. The third-order valence-electron chi connectivity index (χ3n) is 4.48. The van der Waals surface area contributed by atoms with Crippen molar-refractivity contribution in [1.82, 2.24) is 10.2 Å². The van der Waals surface area contributed by atoms with Crippen molar-refractivity contribution >= 4 is 5.91 Å². The molecule has 2 unspecified atom stereocenters. The summed E-state index contributed by atoms with van der Waals surface area (Å²) in [5, 5.41) is 3.07. The van der Waals surface area contributed by atoms with E-state index in [1.54, 1.807) is 7.05 Å². The van der Waals surface area contributed by atoms with Crippen LogP contribution in [0.5, 0.6) is 0 Å². The lowest BCUT2D eigenvalue weighted by Crippen LogP contribution is -2.55. The van der Waals surface area contributed by atoms with Gasteiger partial charge in [-0.2, -0.15) is 0 Å². The van der Waals surface area contributed by atoms with Gasteiger partial charge in [-0.05, 0) is 39.8 Å². The summed E-state index contributed by atoms with van der Waals surface area (Å²) >= 11 is 0. The number of amides is 1. The van der Waals surface area contributed by atoms with E-state index in [0.29, 0.717) is 6.04 Å². The maximum atomic E-state index is 11.6. The molecule has 0 heterocycles. The van der Waals surface area contributed by atoms with Gasteiger partial charge in [0.1, 0.15) is 0 Å². The van der Waals surface area contributed by atoms with Crippen LogP contribution in [0, 0.1) is 5.92 Å². The van der Waals surface area contributed by atoms with Crippen LogP contribution in [0.15, 0.2) is 0 Å². The van der Waals surface area contributed by atoms with E-state index < -0.39 is 5.54 Å². The number of hydrogen-bond acceptors (Lipinski definition) is 3. The monoisotopic (exact) mass is 271 g/mol. The lowest BCUT2D eigenvalue weighted by atomic mass is 9.91. The molecule has 114 valence electrons. The van der Waals surface area contributed by atoms with Gasteiger partial charge in [-0.15, -0.1) is 0 Å². The van der Waals surface area contributed by atoms with Crippen molar-refractivity contribution in [3.8, 4) is 0 Å². The molecule has 0 saturated heterocycles. The number of nitrogens with two attached hydrogens (primary N) is 1. The first-order valence-corrected chi connectivity index (χ1v) is 7.57. The molecule has 0 bridgehead atoms. The van der Waals surface area contributed by atoms with Crippen molar-refractivity contribution in [2.45, 2.75) is 65.5 Å². The number of nitrogens with one attached hydrogen (secondary N) is 1. The second-order valence-corrected chi connectivity index (χ2v) is 5.77. The molecule has 19 heavy (non-hydrogen) atoms. The van der Waals surface area contributed by atoms with Gasteiger partial charge in [0.05, 0.1) is 5.54 Å². The molecule has 3 N–H and O–H groups in total. The second kappa shape index (κ2) is 8.54. The Hall–Kier alpha value is -0.610. The fraction of sp³-hybridized carbons (Fsp3) is 0.933. The largest absolute Gasteiger partial charge is 0.368 e. The second-order valence-electron chi connectivity index (χ2n) is 5.77. The first-order chi connectivity index (χ1) is 8.84. The lowest BCUT2D eigenvalue weighted by Gasteiger charge is -2.36. The Morgan fingerprint density at radius 3 is 2.16 bits per heavy atom. The summed E-state index contributed by atoms with van der Waals surface area (Å²) < 4.78 is 0. The van der Waals surface area contributed by atoms with Gasteiger partial charge in [0.15, 0.2) is 0 Å². The van der Waals surface area contributed by atoms with E-state index in [0.717, 1.165) is 25.4 Å². The molecule has 0 radical (unpaired) electrons. The van der Waals surface area contributed by atoms with Crippen LogP contribution in [0.1, 0.15) is 53.9 Å². The Bertz CT molecular complexity index is 266. The van der Waals surface area contributed by atoms with Crippen LogP contribution in [-0.2, 0) is 4.79 Å². The van der Waals surface area contributed by atoms with Crippen LogP contribution in [0.3, 0.4) is 0 Å². The van der Waals surface area contributed by atoms with Crippen LogP contribution < -0.4 is 11.1 Å². The molecule has 0 spiro atoms. The highest BCUT2D eigenvalue weighted by atomic mass is 16.1. The maximum absolute atomic E-state index is 11.6. The molecule has 1 amide bonds. The fourth-order valence-electron chi connectivity index (χ4n) is 2.55. The number of nitrogens with zero attached hydrogens (tertiary/aromatic N) is 1. The predicted molar refractivity (Wildman–Crippen MR) is 82.1 cm³/mol. The van der Waals surface area contributed by atoms with E-state index >= 15 is 0 Å². The highest BCUT2D eigenvalue weighted by Gasteiger charge is 2.32. The zero-order valence-electron chi connectivity index (χ0n) is 13.6. The van der Waals surface area contributed by atoms with Gasteiger partial charge >= 0.3 is 0 Å². The standard InChI is InChI=1S/C15H33N3O/c1-7-13(8-2)11-18(9-3)12(4)10-15(5,17-6)14(16)19/h12-13,17H,7-11H2,1-6H3,(H2,16,19). The van der Waals surface area contributed by atoms with E-state index in [-0.39, 0.29) is 5.91 Å². The molecular formula is C15H33N3O. The number of primary amides is 1. The highest BCUT2D eigenvalue weighted by molar-refractivity contribution is 5.84. The zero-order valence-corrected chi connectivity index (χ0v) is 13.6. The molecule has 0 saturated carbocycles. The maximum Gasteiger partial charge on any atom is 0.237 e. The first kappa shape index (κ1) is 18.4. The van der Waals surface area contributed by atoms with Gasteiger partial charge in [-0.25, -0.2) is 0 Å². The number of hydrogen-bond donors (Lipinski definition) is 2. The molecule has 0 rings (SSSR count). The van der Waals surface area contributed by atoms with Crippen molar-refractivity contribution < 1.29 is 4.79 Å². The molecule has 0 aromatic heterocycles. The average Bonchev–Trinajstić information content (AvgIpc) is 2.39. The van der Waals surface area contributed by atoms with E-state index in [2.05, 4.69) is 37.9 Å². The molecule has 0 aliphatic rings. The van der Waals surface area contributed by atoms with Crippen molar-refractivity contribution in [3.63, 3.8) is 0 Å². The quantitative estimate of drug-likeness (QED) is 0.639. The first-order valence-electron chi connectivity index (χ1n) is 7.57. The van der Waals surface area contributed by atoms with E-state index in [9.17, 15) is 4.79 Å². The minimum atomic E-state index is -0.624. The summed E-state index contributed by atoms with van der Waals surface area (Å²) in [6, 6.07) is 0.343. The van der Waals surface area contributed by atoms with Gasteiger partial charge in [-0.3, -0.25) is 4.79 Å². The molecule has 0 fully saturated rings. The predicted octanol–water partition coefficient (Wildman–Crippen LogP) is 1.99. The topological polar surface area (TPSA) is 58.4 Å². The van der Waals surface area contributed by atoms with Crippen LogP contribution in [0.4, 0.5) is 0 Å². The van der Waals surface area contributed by atoms with Crippen LogP contribution in [-0.4, -0.2) is 42.5 Å². The molecular weight excluding hydrogens is 238 g/mol. The number of rotatable bonds is 10. The number of carbonyl (C=O) groups excluding carboxylic acids is 1. The Balaban J connectivity index is 4.66. The van der Waals surface area contributed by atoms with Crippen LogP contribution >= 0.6 is 0 Å². The number of likely N-dealkylation sites (N-methyl/N-ethyl adjacent to an activating group) is 1. The Labute approximate surface area is 119 Å². The Morgan fingerprint density at radius 1 is 1.32 bits per heavy atom. The summed E-state index contributed by atoms with van der Waals surface area (Å²) in [7, 11) is 1.80. The normalized spacial score (nSPS) is 16.6. The number of carbonyl (C=O) groups is 1. The van der Waals surface area contributed by atoms with Crippen molar-refractivity contribution in [2.24, 2.45) is 11.7 Å². The molecule has 4 nitrogen and oxygen atoms in total. The third kappa shape index (κ3) is 5.49. The van der Waals surface area contributed by atoms with Crippen molar-refractivity contribution in [1.29, 1.82) is 0 Å². The van der Waals surface area contributed by atoms with E-state index in [1.807, 2.05) is 6.92 Å². The van der Waals surface area contributed by atoms with Gasteiger partial charge in [0, 0.05) is 12.6 Å². The van der Waals surface area contributed by atoms with Gasteiger partial charge < -0.3 is 16.0 Å². The minimum absolute atomic E-state index is 0.277. The molecule has 0 aliphatic heterocycles. The summed E-state index contributed by atoms with van der Waals surface area (Å²) in [4.78, 5) is 14.0. The zero-order chi connectivity index (χ0) is 15.1. The molecule has 0 aliphatic carbocycles. The highest BCUT2D eigenvalue weighted by Crippen LogP contribution is 2.18. The van der Waals surface area contributed by atoms with Crippen LogP contribution in [0.2, 0.25) is 0 Å². The van der Waals surface area contributed by atoms with Crippen LogP contribution in [0.25, 0.3) is 0 Å². The molecule has 0 aromatic carbocycles. The SMILES string of the molecule is CCC(CC)CN(CC)C(C)CC(C)(NC)C(N)=O. The summed E-state index contributed by atoms with van der Waals surface area (Å²) in [6.45, 7) is 12.8. The van der Waals surface area contributed by atoms with E-state index in [1.165, 1.54) is 12.8 Å². The van der Waals surface area contributed by atoms with Gasteiger partial charge in [0.25, 0.3) is 0 Å². The van der Waals surface area contributed by atoms with Gasteiger partial charge in [-0.1, -0.05) is 33.6 Å². The summed E-state index contributed by atoms with van der Waals surface area (Å²) in [5.74, 6) is 0.456.